The van der Waals surface area contributed by atoms with E-state index >= 15 is 0 Å². The number of nitrogens with one attached hydrogen (secondary N) is 2. The van der Waals surface area contributed by atoms with Crippen LogP contribution in [0.5, 0.6) is 0 Å². The van der Waals surface area contributed by atoms with Gasteiger partial charge < -0.3 is 11.1 Å². The van der Waals surface area contributed by atoms with Crippen LogP contribution >= 0.6 is 0 Å². The topological polar surface area (TPSA) is 96.7 Å². The van der Waals surface area contributed by atoms with Gasteiger partial charge in [-0.2, -0.15) is 5.10 Å². The van der Waals surface area contributed by atoms with Gasteiger partial charge in [-0.1, -0.05) is 0 Å². The molecule has 6 heteroatoms. The maximum Gasteiger partial charge on any atom is 0.262 e. The minimum absolute atomic E-state index is 0.241. The molecule has 0 atom stereocenters. The first-order valence-corrected chi connectivity index (χ1v) is 4.69. The number of carbonyl (C=O) groups is 1. The van der Waals surface area contributed by atoms with Crippen LogP contribution in [0.2, 0.25) is 0 Å². The van der Waals surface area contributed by atoms with Gasteiger partial charge in [-0.15, -0.1) is 0 Å². The van der Waals surface area contributed by atoms with Crippen LogP contribution < -0.4 is 11.1 Å². The van der Waals surface area contributed by atoms with E-state index in [-0.39, 0.29) is 11.7 Å². The second-order valence-corrected chi connectivity index (χ2v) is 3.37. The molecule has 4 N–H and O–H groups in total. The Bertz CT molecular complexity index is 519. The van der Waals surface area contributed by atoms with Crippen molar-refractivity contribution in [2.24, 2.45) is 0 Å². The van der Waals surface area contributed by atoms with Crippen LogP contribution in [-0.4, -0.2) is 21.1 Å². The number of hydrogen-bond donors (Lipinski definition) is 3. The van der Waals surface area contributed by atoms with Crippen molar-refractivity contribution in [3.8, 4) is 0 Å². The highest BCUT2D eigenvalue weighted by Crippen LogP contribution is 2.10. The zero-order valence-electron chi connectivity index (χ0n) is 8.69. The van der Waals surface area contributed by atoms with E-state index in [9.17, 15) is 4.79 Å². The summed E-state index contributed by atoms with van der Waals surface area (Å²) in [4.78, 5) is 15.7. The number of nitrogens with two attached hydrogens (primary N) is 1. The Kier molecular flexibility index (Phi) is 2.55. The predicted molar refractivity (Wildman–Crippen MR) is 59.9 cm³/mol. The van der Waals surface area contributed by atoms with E-state index in [1.54, 1.807) is 12.3 Å². The molecule has 0 aromatic carbocycles. The molecule has 82 valence electrons. The second-order valence-electron chi connectivity index (χ2n) is 3.37. The molecule has 0 radical (unpaired) electrons. The number of pyridine rings is 1. The molecule has 0 bridgehead atoms. The number of rotatable bonds is 2. The van der Waals surface area contributed by atoms with Crippen LogP contribution in [0.4, 0.5) is 11.6 Å². The van der Waals surface area contributed by atoms with Gasteiger partial charge in [0.1, 0.15) is 17.2 Å². The molecule has 0 fully saturated rings. The molecule has 0 aliphatic carbocycles. The van der Waals surface area contributed by atoms with Crippen LogP contribution in [0.25, 0.3) is 0 Å². The average molecular weight is 217 g/mol. The molecule has 0 aliphatic heterocycles. The van der Waals surface area contributed by atoms with E-state index in [4.69, 9.17) is 5.73 Å². The largest absolute Gasteiger partial charge is 0.383 e. The lowest BCUT2D eigenvalue weighted by Crippen LogP contribution is -2.13. The maximum atomic E-state index is 11.7. The molecular formula is C10H11N5O. The van der Waals surface area contributed by atoms with Crippen LogP contribution in [-0.2, 0) is 0 Å². The molecule has 2 aromatic rings. The molecule has 0 spiro atoms. The average Bonchev–Trinajstić information content (AvgIpc) is 2.64. The number of aromatic nitrogens is 3. The number of carbonyl (C=O) groups excluding carboxylic acids is 1. The number of H-pyrrole nitrogens is 1. The first-order chi connectivity index (χ1) is 7.66. The number of amides is 1. The number of nitrogen functional groups attached to an aromatic ring is 1. The van der Waals surface area contributed by atoms with Gasteiger partial charge >= 0.3 is 0 Å². The Morgan fingerprint density at radius 3 is 3.00 bits per heavy atom. The summed E-state index contributed by atoms with van der Waals surface area (Å²) in [5.41, 5.74) is 6.85. The lowest BCUT2D eigenvalue weighted by atomic mass is 10.3. The van der Waals surface area contributed by atoms with Gasteiger partial charge in [0, 0.05) is 6.20 Å². The van der Waals surface area contributed by atoms with E-state index in [1.165, 1.54) is 6.20 Å². The van der Waals surface area contributed by atoms with Crippen molar-refractivity contribution in [1.82, 2.24) is 15.2 Å². The number of aryl methyl sites for hydroxylation is 1. The zero-order chi connectivity index (χ0) is 11.5. The Labute approximate surface area is 91.9 Å². The molecule has 0 unspecified atom stereocenters. The molecular weight excluding hydrogens is 206 g/mol. The molecule has 2 heterocycles. The monoisotopic (exact) mass is 217 g/mol. The van der Waals surface area contributed by atoms with Gasteiger partial charge in [-0.25, -0.2) is 4.98 Å². The lowest BCUT2D eigenvalue weighted by molar-refractivity contribution is 0.102. The van der Waals surface area contributed by atoms with E-state index < -0.39 is 0 Å². The van der Waals surface area contributed by atoms with E-state index in [1.807, 2.05) is 13.0 Å². The molecule has 0 aliphatic rings. The highest BCUT2D eigenvalue weighted by molar-refractivity contribution is 6.06. The SMILES string of the molecule is Cc1ccnc(NC(=O)c2cn[nH]c2N)c1. The third-order valence-electron chi connectivity index (χ3n) is 2.07. The minimum atomic E-state index is -0.329. The van der Waals surface area contributed by atoms with E-state index in [0.29, 0.717) is 11.4 Å². The van der Waals surface area contributed by atoms with Crippen molar-refractivity contribution < 1.29 is 4.79 Å². The molecule has 0 saturated heterocycles. The van der Waals surface area contributed by atoms with Gasteiger partial charge in [0.05, 0.1) is 6.20 Å². The lowest BCUT2D eigenvalue weighted by Gasteiger charge is -2.03. The fourth-order valence-electron chi connectivity index (χ4n) is 1.27. The van der Waals surface area contributed by atoms with Crippen molar-refractivity contribution >= 4 is 17.5 Å². The van der Waals surface area contributed by atoms with Gasteiger partial charge in [-0.05, 0) is 24.6 Å². The third-order valence-corrected chi connectivity index (χ3v) is 2.07. The summed E-state index contributed by atoms with van der Waals surface area (Å²) in [6.07, 6.45) is 3.00. The van der Waals surface area contributed by atoms with Gasteiger partial charge in [0.25, 0.3) is 5.91 Å². The number of hydrogen-bond acceptors (Lipinski definition) is 4. The standard InChI is InChI=1S/C10H11N5O/c1-6-2-3-12-8(4-6)14-10(16)7-5-13-15-9(7)11/h2-5H,1H3,(H3,11,13,15)(H,12,14,16). The van der Waals surface area contributed by atoms with Crippen LogP contribution in [0.3, 0.4) is 0 Å². The van der Waals surface area contributed by atoms with Crippen molar-refractivity contribution in [3.05, 3.63) is 35.7 Å². The van der Waals surface area contributed by atoms with Crippen LogP contribution in [0.15, 0.2) is 24.5 Å². The Morgan fingerprint density at radius 1 is 1.56 bits per heavy atom. The van der Waals surface area contributed by atoms with Crippen molar-refractivity contribution in [2.45, 2.75) is 6.92 Å². The summed E-state index contributed by atoms with van der Waals surface area (Å²) < 4.78 is 0. The fraction of sp³-hybridized carbons (Fsp3) is 0.100. The molecule has 1 amide bonds. The summed E-state index contributed by atoms with van der Waals surface area (Å²) in [6.45, 7) is 1.92. The summed E-state index contributed by atoms with van der Waals surface area (Å²) in [5.74, 6) is 0.403. The quantitative estimate of drug-likeness (QED) is 0.697. The van der Waals surface area contributed by atoms with Crippen LogP contribution in [0.1, 0.15) is 15.9 Å². The van der Waals surface area contributed by atoms with Crippen molar-refractivity contribution in [3.63, 3.8) is 0 Å². The highest BCUT2D eigenvalue weighted by atomic mass is 16.1. The fourth-order valence-corrected chi connectivity index (χ4v) is 1.27. The minimum Gasteiger partial charge on any atom is -0.383 e. The van der Waals surface area contributed by atoms with Gasteiger partial charge in [0.15, 0.2) is 0 Å². The maximum absolute atomic E-state index is 11.7. The van der Waals surface area contributed by atoms with Crippen molar-refractivity contribution in [2.75, 3.05) is 11.1 Å². The Morgan fingerprint density at radius 2 is 2.38 bits per heavy atom. The van der Waals surface area contributed by atoms with Crippen molar-refractivity contribution in [1.29, 1.82) is 0 Å². The third kappa shape index (κ3) is 2.00. The molecule has 2 rings (SSSR count). The summed E-state index contributed by atoms with van der Waals surface area (Å²) >= 11 is 0. The molecule has 2 aromatic heterocycles. The number of aromatic amines is 1. The van der Waals surface area contributed by atoms with Crippen LogP contribution in [0, 0.1) is 6.92 Å². The predicted octanol–water partition coefficient (Wildman–Crippen LogP) is 0.948. The number of anilines is 2. The summed E-state index contributed by atoms with van der Waals surface area (Å²) in [5, 5.41) is 8.80. The number of nitrogens with zero attached hydrogens (tertiary/aromatic N) is 2. The van der Waals surface area contributed by atoms with E-state index in [0.717, 1.165) is 5.56 Å². The first-order valence-electron chi connectivity index (χ1n) is 4.69. The highest BCUT2D eigenvalue weighted by Gasteiger charge is 2.11. The van der Waals surface area contributed by atoms with E-state index in [2.05, 4.69) is 20.5 Å². The second kappa shape index (κ2) is 4.01. The zero-order valence-corrected chi connectivity index (χ0v) is 8.69. The summed E-state index contributed by atoms with van der Waals surface area (Å²) in [6, 6.07) is 3.62. The first kappa shape index (κ1) is 10.2. The normalized spacial score (nSPS) is 10.1. The molecule has 0 saturated carbocycles. The smallest absolute Gasteiger partial charge is 0.262 e. The Balaban J connectivity index is 2.17. The van der Waals surface area contributed by atoms with Gasteiger partial charge in [0.2, 0.25) is 0 Å². The summed E-state index contributed by atoms with van der Waals surface area (Å²) in [7, 11) is 0. The molecule has 16 heavy (non-hydrogen) atoms. The van der Waals surface area contributed by atoms with Gasteiger partial charge in [-0.3, -0.25) is 9.89 Å². The molecule has 6 nitrogen and oxygen atoms in total. The Hall–Kier alpha value is -2.37.